The fraction of sp³-hybridized carbons (Fsp3) is 0.286. The fourth-order valence-electron chi connectivity index (χ4n) is 1.25. The van der Waals surface area contributed by atoms with E-state index >= 15 is 0 Å². The van der Waals surface area contributed by atoms with Crippen LogP contribution in [0.5, 0.6) is 0 Å². The van der Waals surface area contributed by atoms with Gasteiger partial charge in [-0.05, 0) is 12.5 Å². The second-order valence-electron chi connectivity index (χ2n) is 2.59. The van der Waals surface area contributed by atoms with Crippen molar-refractivity contribution >= 4 is 5.97 Å². The van der Waals surface area contributed by atoms with Gasteiger partial charge in [-0.2, -0.15) is 0 Å². The number of hydrogen-bond donors (Lipinski definition) is 3. The third kappa shape index (κ3) is 0.947. The number of carboxylic acid groups (broad SMARTS) is 1. The van der Waals surface area contributed by atoms with E-state index < -0.39 is 12.0 Å². The maximum absolute atomic E-state index is 10.6. The Morgan fingerprint density at radius 3 is 3.33 bits per heavy atom. The lowest BCUT2D eigenvalue weighted by molar-refractivity contribution is -0.138. The molecular formula is C7H8N2O3. The number of carboxylic acids is 1. The lowest BCUT2D eigenvalue weighted by Crippen LogP contribution is -2.38. The lowest BCUT2D eigenvalue weighted by atomic mass is 10.1. The second kappa shape index (κ2) is 2.53. The van der Waals surface area contributed by atoms with Crippen LogP contribution in [0.15, 0.2) is 23.8 Å². The zero-order valence-electron chi connectivity index (χ0n) is 6.20. The molecule has 1 atom stereocenters. The van der Waals surface area contributed by atoms with Crippen LogP contribution in [0.2, 0.25) is 0 Å². The third-order valence-electron chi connectivity index (χ3n) is 1.84. The Hall–Kier alpha value is -1.49. The number of nitrogens with one attached hydrogen (secondary N) is 2. The van der Waals surface area contributed by atoms with Crippen molar-refractivity contribution in [3.63, 3.8) is 0 Å². The number of carbonyl (C=O) groups is 1. The Balaban J connectivity index is 2.22. The highest BCUT2D eigenvalue weighted by molar-refractivity contribution is 5.78. The van der Waals surface area contributed by atoms with E-state index in [0.717, 1.165) is 5.57 Å². The zero-order valence-corrected chi connectivity index (χ0v) is 6.20. The van der Waals surface area contributed by atoms with Crippen molar-refractivity contribution in [2.24, 2.45) is 0 Å². The first-order valence-electron chi connectivity index (χ1n) is 3.58. The normalized spacial score (nSPS) is 26.2. The molecule has 2 rings (SSSR count). The Bertz CT molecular complexity index is 282. The number of rotatable bonds is 1. The third-order valence-corrected chi connectivity index (χ3v) is 1.84. The summed E-state index contributed by atoms with van der Waals surface area (Å²) in [5.74, 6) is -0.378. The van der Waals surface area contributed by atoms with Crippen LogP contribution in [-0.4, -0.2) is 17.1 Å². The van der Waals surface area contributed by atoms with E-state index in [1.165, 1.54) is 6.26 Å². The van der Waals surface area contributed by atoms with Crippen molar-refractivity contribution in [2.75, 3.05) is 0 Å². The van der Waals surface area contributed by atoms with Crippen LogP contribution in [-0.2, 0) is 9.53 Å². The Morgan fingerprint density at radius 1 is 1.75 bits per heavy atom. The van der Waals surface area contributed by atoms with Gasteiger partial charge in [-0.3, -0.25) is 10.2 Å². The highest BCUT2D eigenvalue weighted by Gasteiger charge is 2.32. The predicted octanol–water partition coefficient (Wildman–Crippen LogP) is -0.307. The second-order valence-corrected chi connectivity index (χ2v) is 2.59. The van der Waals surface area contributed by atoms with Crippen LogP contribution in [0.1, 0.15) is 6.42 Å². The Kier molecular flexibility index (Phi) is 1.51. The van der Waals surface area contributed by atoms with Crippen LogP contribution in [0.3, 0.4) is 0 Å². The minimum Gasteiger partial charge on any atom is -0.480 e. The van der Waals surface area contributed by atoms with Gasteiger partial charge in [0.05, 0.1) is 6.26 Å². The summed E-state index contributed by atoms with van der Waals surface area (Å²) in [4.78, 5) is 10.6. The molecule has 0 saturated carbocycles. The molecule has 3 N–H and O–H groups in total. The number of allylic oxidation sites excluding steroid dienone is 1. The van der Waals surface area contributed by atoms with Gasteiger partial charge < -0.3 is 9.84 Å². The van der Waals surface area contributed by atoms with E-state index in [0.29, 0.717) is 12.3 Å². The highest BCUT2D eigenvalue weighted by atomic mass is 16.5. The van der Waals surface area contributed by atoms with Gasteiger partial charge in [0.25, 0.3) is 0 Å². The van der Waals surface area contributed by atoms with E-state index in [1.807, 2.05) is 0 Å². The smallest absolute Gasteiger partial charge is 0.327 e. The first-order chi connectivity index (χ1) is 5.79. The van der Waals surface area contributed by atoms with Crippen LogP contribution in [0.4, 0.5) is 0 Å². The first-order valence-corrected chi connectivity index (χ1v) is 3.58. The lowest BCUT2D eigenvalue weighted by Gasteiger charge is -2.09. The summed E-state index contributed by atoms with van der Waals surface area (Å²) in [6, 6.07) is -0.662. The van der Waals surface area contributed by atoms with Crippen LogP contribution < -0.4 is 10.9 Å². The summed E-state index contributed by atoms with van der Waals surface area (Å²) in [7, 11) is 0. The molecule has 1 unspecified atom stereocenters. The minimum atomic E-state index is -0.897. The molecule has 0 aliphatic carbocycles. The summed E-state index contributed by atoms with van der Waals surface area (Å²) in [6.07, 6.45) is 3.94. The number of ether oxygens (including phenoxy) is 1. The molecule has 5 heteroatoms. The monoisotopic (exact) mass is 168 g/mol. The van der Waals surface area contributed by atoms with Crippen molar-refractivity contribution in [3.05, 3.63) is 23.8 Å². The molecule has 0 spiro atoms. The summed E-state index contributed by atoms with van der Waals surface area (Å²) >= 11 is 0. The molecule has 0 radical (unpaired) electrons. The van der Waals surface area contributed by atoms with Crippen molar-refractivity contribution in [3.8, 4) is 0 Å². The summed E-state index contributed by atoms with van der Waals surface area (Å²) in [5.41, 5.74) is 6.02. The summed E-state index contributed by atoms with van der Waals surface area (Å²) in [5, 5.41) is 8.74. The zero-order chi connectivity index (χ0) is 8.55. The molecule has 0 aromatic rings. The highest BCUT2D eigenvalue weighted by Crippen LogP contribution is 2.21. The predicted molar refractivity (Wildman–Crippen MR) is 39.6 cm³/mol. The Morgan fingerprint density at radius 2 is 2.58 bits per heavy atom. The van der Waals surface area contributed by atoms with Gasteiger partial charge in [0, 0.05) is 5.57 Å². The number of hydrazine groups is 1. The van der Waals surface area contributed by atoms with E-state index in [-0.39, 0.29) is 0 Å². The van der Waals surface area contributed by atoms with Crippen molar-refractivity contribution in [1.82, 2.24) is 10.9 Å². The summed E-state index contributed by atoms with van der Waals surface area (Å²) in [6.45, 7) is 0. The molecule has 0 aromatic heterocycles. The quantitative estimate of drug-likeness (QED) is 0.501. The van der Waals surface area contributed by atoms with Crippen molar-refractivity contribution in [2.45, 2.75) is 12.5 Å². The molecule has 5 nitrogen and oxygen atoms in total. The number of hydrogen-bond acceptors (Lipinski definition) is 4. The molecule has 0 aromatic carbocycles. The standard InChI is InChI=1S/C7H8N2O3/c10-7(11)5-4-2-1-3-12-6(4)9-8-5/h1,3,5,8-9H,2H2,(H,10,11). The van der Waals surface area contributed by atoms with Gasteiger partial charge in [0.2, 0.25) is 5.88 Å². The molecule has 64 valence electrons. The molecule has 2 heterocycles. The Labute approximate surface area is 68.7 Å². The first kappa shape index (κ1) is 7.17. The van der Waals surface area contributed by atoms with Gasteiger partial charge in [-0.25, -0.2) is 5.43 Å². The molecule has 12 heavy (non-hydrogen) atoms. The van der Waals surface area contributed by atoms with Gasteiger partial charge in [-0.1, -0.05) is 0 Å². The van der Waals surface area contributed by atoms with E-state index in [9.17, 15) is 4.79 Å². The topological polar surface area (TPSA) is 70.6 Å². The molecule has 0 saturated heterocycles. The van der Waals surface area contributed by atoms with Crippen molar-refractivity contribution < 1.29 is 14.6 Å². The van der Waals surface area contributed by atoms with Gasteiger partial charge in [-0.15, -0.1) is 0 Å². The maximum Gasteiger partial charge on any atom is 0.327 e. The molecule has 2 aliphatic rings. The average Bonchev–Trinajstić information content (AvgIpc) is 2.47. The van der Waals surface area contributed by atoms with E-state index in [1.54, 1.807) is 6.08 Å². The molecule has 0 fully saturated rings. The fourth-order valence-corrected chi connectivity index (χ4v) is 1.25. The minimum absolute atomic E-state index is 0.518. The largest absolute Gasteiger partial charge is 0.480 e. The molecular weight excluding hydrogens is 160 g/mol. The number of aliphatic carboxylic acids is 1. The van der Waals surface area contributed by atoms with Crippen molar-refractivity contribution in [1.29, 1.82) is 0 Å². The molecule has 0 amide bonds. The van der Waals surface area contributed by atoms with Gasteiger partial charge >= 0.3 is 5.97 Å². The summed E-state index contributed by atoms with van der Waals surface area (Å²) < 4.78 is 5.04. The average molecular weight is 168 g/mol. The SMILES string of the molecule is O=C(O)C1NNC2=C1CC=CO2. The van der Waals surface area contributed by atoms with Crippen LogP contribution in [0.25, 0.3) is 0 Å². The van der Waals surface area contributed by atoms with Gasteiger partial charge in [0.15, 0.2) is 6.04 Å². The molecule has 0 bridgehead atoms. The van der Waals surface area contributed by atoms with Crippen LogP contribution >= 0.6 is 0 Å². The van der Waals surface area contributed by atoms with E-state index in [2.05, 4.69) is 10.9 Å². The van der Waals surface area contributed by atoms with Gasteiger partial charge in [0.1, 0.15) is 0 Å². The maximum atomic E-state index is 10.6. The molecule has 2 aliphatic heterocycles. The van der Waals surface area contributed by atoms with E-state index in [4.69, 9.17) is 9.84 Å². The van der Waals surface area contributed by atoms with Crippen LogP contribution in [0, 0.1) is 0 Å².